The Hall–Kier alpha value is -1.16. The van der Waals surface area contributed by atoms with Crippen LogP contribution in [0.2, 0.25) is 0 Å². The minimum absolute atomic E-state index is 0.0547. The van der Waals surface area contributed by atoms with Crippen LogP contribution in [-0.4, -0.2) is 25.3 Å². The van der Waals surface area contributed by atoms with Crippen LogP contribution in [-0.2, 0) is 4.79 Å². The van der Waals surface area contributed by atoms with Crippen molar-refractivity contribution in [3.8, 4) is 0 Å². The molecule has 3 nitrogen and oxygen atoms in total. The third kappa shape index (κ3) is 3.97. The predicted octanol–water partition coefficient (Wildman–Crippen LogP) is 2.65. The molecule has 1 atom stereocenters. The molecule has 1 aromatic rings. The van der Waals surface area contributed by atoms with Crippen molar-refractivity contribution >= 4 is 29.9 Å². The highest BCUT2D eigenvalue weighted by Gasteiger charge is 2.17. The van der Waals surface area contributed by atoms with E-state index in [0.29, 0.717) is 0 Å². The van der Waals surface area contributed by atoms with E-state index in [2.05, 4.69) is 17.9 Å². The molecule has 0 saturated carbocycles. The minimum atomic E-state index is -0.275. The van der Waals surface area contributed by atoms with Gasteiger partial charge in [0.2, 0.25) is 5.91 Å². The molecule has 1 amide bonds. The van der Waals surface area contributed by atoms with E-state index in [9.17, 15) is 4.79 Å². The van der Waals surface area contributed by atoms with Crippen molar-refractivity contribution in [2.75, 3.05) is 24.3 Å². The number of nitrogens with one attached hydrogen (secondary N) is 1. The molecule has 0 fully saturated rings. The summed E-state index contributed by atoms with van der Waals surface area (Å²) in [4.78, 5) is 13.8. The van der Waals surface area contributed by atoms with Crippen LogP contribution in [0.25, 0.3) is 0 Å². The number of carbonyl (C=O) groups excluding carboxylic acids is 1. The Morgan fingerprint density at radius 2 is 1.76 bits per heavy atom. The maximum atomic E-state index is 11.8. The number of anilines is 2. The fourth-order valence-electron chi connectivity index (χ4n) is 1.36. The van der Waals surface area contributed by atoms with Crippen LogP contribution in [0.15, 0.2) is 24.3 Å². The molecule has 4 heteroatoms. The van der Waals surface area contributed by atoms with Crippen molar-refractivity contribution in [1.82, 2.24) is 0 Å². The second-order valence-electron chi connectivity index (χ2n) is 4.62. The molecule has 0 heterocycles. The Kier molecular flexibility index (Phi) is 4.87. The summed E-state index contributed by atoms with van der Waals surface area (Å²) < 4.78 is 0. The number of carbonyl (C=O) groups is 1. The molecule has 94 valence electrons. The van der Waals surface area contributed by atoms with Crippen LogP contribution in [0.1, 0.15) is 13.8 Å². The summed E-state index contributed by atoms with van der Waals surface area (Å²) in [5.74, 6) is 0.167. The van der Waals surface area contributed by atoms with Gasteiger partial charge in [0, 0.05) is 25.5 Å². The van der Waals surface area contributed by atoms with Gasteiger partial charge >= 0.3 is 0 Å². The van der Waals surface area contributed by atoms with E-state index in [1.807, 2.05) is 57.1 Å². The number of amides is 1. The van der Waals surface area contributed by atoms with Crippen molar-refractivity contribution in [3.05, 3.63) is 24.3 Å². The van der Waals surface area contributed by atoms with Crippen LogP contribution >= 0.6 is 12.6 Å². The summed E-state index contributed by atoms with van der Waals surface area (Å²) in [6.45, 7) is 3.96. The van der Waals surface area contributed by atoms with Crippen molar-refractivity contribution in [3.63, 3.8) is 0 Å². The summed E-state index contributed by atoms with van der Waals surface area (Å²) in [6.07, 6.45) is 0. The molecule has 0 spiro atoms. The van der Waals surface area contributed by atoms with Crippen molar-refractivity contribution in [2.45, 2.75) is 19.1 Å². The van der Waals surface area contributed by atoms with Gasteiger partial charge in [-0.1, -0.05) is 13.8 Å². The molecule has 1 unspecified atom stereocenters. The molecular formula is C13H20N2OS. The lowest BCUT2D eigenvalue weighted by Crippen LogP contribution is -2.27. The van der Waals surface area contributed by atoms with E-state index in [0.717, 1.165) is 11.4 Å². The highest BCUT2D eigenvalue weighted by Crippen LogP contribution is 2.17. The molecule has 0 bridgehead atoms. The SMILES string of the molecule is CC(C)C(S)C(=O)Nc1ccc(N(C)C)cc1. The zero-order chi connectivity index (χ0) is 13.0. The fourth-order valence-corrected chi connectivity index (χ4v) is 1.43. The summed E-state index contributed by atoms with van der Waals surface area (Å²) in [5, 5.41) is 2.58. The number of benzene rings is 1. The van der Waals surface area contributed by atoms with Gasteiger partial charge in [0.15, 0.2) is 0 Å². The quantitative estimate of drug-likeness (QED) is 0.807. The van der Waals surface area contributed by atoms with Gasteiger partial charge in [-0.05, 0) is 30.2 Å². The first kappa shape index (κ1) is 13.9. The molecule has 1 aromatic carbocycles. The predicted molar refractivity (Wildman–Crippen MR) is 77.0 cm³/mol. The monoisotopic (exact) mass is 252 g/mol. The molecule has 1 N–H and O–H groups in total. The van der Waals surface area contributed by atoms with Gasteiger partial charge in [-0.2, -0.15) is 12.6 Å². The molecule has 0 saturated heterocycles. The topological polar surface area (TPSA) is 32.3 Å². The van der Waals surface area contributed by atoms with Gasteiger partial charge in [0.05, 0.1) is 5.25 Å². The van der Waals surface area contributed by atoms with Gasteiger partial charge in [0.1, 0.15) is 0 Å². The Morgan fingerprint density at radius 1 is 1.24 bits per heavy atom. The fraction of sp³-hybridized carbons (Fsp3) is 0.462. The van der Waals surface area contributed by atoms with Crippen molar-refractivity contribution in [2.24, 2.45) is 5.92 Å². The largest absolute Gasteiger partial charge is 0.378 e. The Labute approximate surface area is 109 Å². The first-order valence-corrected chi connectivity index (χ1v) is 6.19. The maximum Gasteiger partial charge on any atom is 0.237 e. The second kappa shape index (κ2) is 5.96. The number of rotatable bonds is 4. The number of hydrogen-bond donors (Lipinski definition) is 2. The average Bonchev–Trinajstić information content (AvgIpc) is 2.28. The highest BCUT2D eigenvalue weighted by atomic mass is 32.1. The first-order valence-electron chi connectivity index (χ1n) is 5.68. The third-order valence-corrected chi connectivity index (χ3v) is 3.38. The molecule has 1 rings (SSSR count). The van der Waals surface area contributed by atoms with Crippen LogP contribution in [0, 0.1) is 5.92 Å². The van der Waals surface area contributed by atoms with E-state index < -0.39 is 0 Å². The average molecular weight is 252 g/mol. The van der Waals surface area contributed by atoms with E-state index in [1.165, 1.54) is 0 Å². The summed E-state index contributed by atoms with van der Waals surface area (Å²) in [6, 6.07) is 7.74. The lowest BCUT2D eigenvalue weighted by atomic mass is 10.1. The van der Waals surface area contributed by atoms with E-state index in [-0.39, 0.29) is 17.1 Å². The zero-order valence-corrected chi connectivity index (χ0v) is 11.7. The van der Waals surface area contributed by atoms with E-state index in [1.54, 1.807) is 0 Å². The molecule has 17 heavy (non-hydrogen) atoms. The van der Waals surface area contributed by atoms with Crippen LogP contribution in [0.3, 0.4) is 0 Å². The summed E-state index contributed by atoms with van der Waals surface area (Å²) in [5.41, 5.74) is 1.91. The lowest BCUT2D eigenvalue weighted by molar-refractivity contribution is -0.116. The molecular weight excluding hydrogens is 232 g/mol. The normalized spacial score (nSPS) is 12.4. The van der Waals surface area contributed by atoms with Crippen molar-refractivity contribution in [1.29, 1.82) is 0 Å². The van der Waals surface area contributed by atoms with Gasteiger partial charge in [-0.3, -0.25) is 4.79 Å². The van der Waals surface area contributed by atoms with Crippen LogP contribution < -0.4 is 10.2 Å². The van der Waals surface area contributed by atoms with Crippen molar-refractivity contribution < 1.29 is 4.79 Å². The second-order valence-corrected chi connectivity index (χ2v) is 5.18. The Morgan fingerprint density at radius 3 is 2.18 bits per heavy atom. The summed E-state index contributed by atoms with van der Waals surface area (Å²) >= 11 is 4.28. The van der Waals surface area contributed by atoms with Gasteiger partial charge in [0.25, 0.3) is 0 Å². The van der Waals surface area contributed by atoms with E-state index >= 15 is 0 Å². The minimum Gasteiger partial charge on any atom is -0.378 e. The van der Waals surface area contributed by atoms with Gasteiger partial charge in [-0.25, -0.2) is 0 Å². The number of nitrogens with zero attached hydrogens (tertiary/aromatic N) is 1. The van der Waals surface area contributed by atoms with Gasteiger partial charge in [-0.15, -0.1) is 0 Å². The van der Waals surface area contributed by atoms with Crippen LogP contribution in [0.5, 0.6) is 0 Å². The zero-order valence-electron chi connectivity index (χ0n) is 10.8. The van der Waals surface area contributed by atoms with Gasteiger partial charge < -0.3 is 10.2 Å². The lowest BCUT2D eigenvalue weighted by Gasteiger charge is -2.16. The Balaban J connectivity index is 2.66. The molecule has 0 aliphatic carbocycles. The smallest absolute Gasteiger partial charge is 0.237 e. The highest BCUT2D eigenvalue weighted by molar-refractivity contribution is 7.81. The number of hydrogen-bond acceptors (Lipinski definition) is 3. The Bertz CT molecular complexity index is 374. The molecule has 0 aliphatic heterocycles. The number of thiol groups is 1. The maximum absolute atomic E-state index is 11.8. The standard InChI is InChI=1S/C13H20N2OS/c1-9(2)12(17)13(16)14-10-5-7-11(8-6-10)15(3)4/h5-9,12,17H,1-4H3,(H,14,16). The first-order chi connectivity index (χ1) is 7.91. The van der Waals surface area contributed by atoms with E-state index in [4.69, 9.17) is 0 Å². The third-order valence-electron chi connectivity index (χ3n) is 2.55. The molecule has 0 aliphatic rings. The molecule has 0 aromatic heterocycles. The van der Waals surface area contributed by atoms with Crippen LogP contribution in [0.4, 0.5) is 11.4 Å². The summed E-state index contributed by atoms with van der Waals surface area (Å²) in [7, 11) is 3.96. The molecule has 0 radical (unpaired) electrons.